The molecule has 1 unspecified atom stereocenters. The standard InChI is InChI=1S/C23H15Cl2NO5S4/c24-15-2-1-3-16-18(15)19(25)20(33-16)22(28)31-14-6-4-12(5-7-14)10-17-21(27)26(23(32)34-17)13-8-9-35(29,30)11-13/h1-7,10,13H,8-9,11H2. The number of thiocarbonyl (C=S) groups is 1. The monoisotopic (exact) mass is 583 g/mol. The highest BCUT2D eigenvalue weighted by Gasteiger charge is 2.42. The molecule has 2 aromatic carbocycles. The van der Waals surface area contributed by atoms with Gasteiger partial charge in [0.25, 0.3) is 5.91 Å². The Morgan fingerprint density at radius 3 is 2.57 bits per heavy atom. The average molecular weight is 585 g/mol. The number of amides is 1. The molecule has 1 atom stereocenters. The smallest absolute Gasteiger partial charge is 0.355 e. The first-order valence-electron chi connectivity index (χ1n) is 10.3. The highest BCUT2D eigenvalue weighted by molar-refractivity contribution is 8.26. The van der Waals surface area contributed by atoms with Crippen LogP contribution in [0.15, 0.2) is 47.4 Å². The van der Waals surface area contributed by atoms with E-state index in [4.69, 9.17) is 40.2 Å². The lowest BCUT2D eigenvalue weighted by Crippen LogP contribution is -2.39. The van der Waals surface area contributed by atoms with Gasteiger partial charge in [-0.1, -0.05) is 65.4 Å². The summed E-state index contributed by atoms with van der Waals surface area (Å²) in [6.07, 6.45) is 2.07. The molecular weight excluding hydrogens is 569 g/mol. The molecule has 0 N–H and O–H groups in total. The fraction of sp³-hybridized carbons (Fsp3) is 0.174. The predicted octanol–water partition coefficient (Wildman–Crippen LogP) is 5.82. The molecule has 0 spiro atoms. The van der Waals surface area contributed by atoms with E-state index in [9.17, 15) is 18.0 Å². The Morgan fingerprint density at radius 1 is 1.17 bits per heavy atom. The van der Waals surface area contributed by atoms with Crippen LogP contribution in [0.4, 0.5) is 0 Å². The molecular formula is C23H15Cl2NO5S4. The number of rotatable bonds is 4. The van der Waals surface area contributed by atoms with Gasteiger partial charge in [0.1, 0.15) is 14.9 Å². The molecule has 1 amide bonds. The van der Waals surface area contributed by atoms with Gasteiger partial charge < -0.3 is 4.74 Å². The number of thioether (sulfide) groups is 1. The van der Waals surface area contributed by atoms with Gasteiger partial charge in [-0.2, -0.15) is 0 Å². The number of carbonyl (C=O) groups excluding carboxylic acids is 2. The van der Waals surface area contributed by atoms with Crippen molar-refractivity contribution in [2.45, 2.75) is 12.5 Å². The molecule has 2 aliphatic rings. The Hall–Kier alpha value is -1.95. The minimum absolute atomic E-state index is 0.0632. The largest absolute Gasteiger partial charge is 0.422 e. The summed E-state index contributed by atoms with van der Waals surface area (Å²) in [5.41, 5.74) is 0.705. The number of benzene rings is 2. The van der Waals surface area contributed by atoms with E-state index in [1.807, 2.05) is 6.07 Å². The van der Waals surface area contributed by atoms with Gasteiger partial charge in [-0.3, -0.25) is 9.69 Å². The molecule has 0 aliphatic carbocycles. The van der Waals surface area contributed by atoms with Gasteiger partial charge in [0.05, 0.1) is 32.5 Å². The highest BCUT2D eigenvalue weighted by atomic mass is 35.5. The Balaban J connectivity index is 1.30. The normalized spacial score (nSPS) is 20.8. The molecule has 0 saturated carbocycles. The Morgan fingerprint density at radius 2 is 1.91 bits per heavy atom. The average Bonchev–Trinajstić information content (AvgIpc) is 3.42. The number of halogens is 2. The van der Waals surface area contributed by atoms with Gasteiger partial charge in [0, 0.05) is 10.1 Å². The first kappa shape index (κ1) is 24.7. The molecule has 12 heteroatoms. The van der Waals surface area contributed by atoms with Crippen molar-refractivity contribution >= 4 is 101 Å². The molecule has 3 aromatic rings. The summed E-state index contributed by atoms with van der Waals surface area (Å²) in [6, 6.07) is 11.5. The minimum Gasteiger partial charge on any atom is -0.422 e. The number of hydrogen-bond acceptors (Lipinski definition) is 8. The van der Waals surface area contributed by atoms with Crippen LogP contribution in [0.1, 0.15) is 21.7 Å². The molecule has 2 saturated heterocycles. The summed E-state index contributed by atoms with van der Waals surface area (Å²) >= 11 is 20.3. The maximum Gasteiger partial charge on any atom is 0.355 e. The van der Waals surface area contributed by atoms with Crippen LogP contribution in [0.5, 0.6) is 5.75 Å². The Bertz CT molecular complexity index is 1530. The van der Waals surface area contributed by atoms with Crippen LogP contribution >= 0.6 is 58.5 Å². The number of nitrogens with zero attached hydrogens (tertiary/aromatic N) is 1. The summed E-state index contributed by atoms with van der Waals surface area (Å²) in [6.45, 7) is 0. The fourth-order valence-corrected chi connectivity index (χ4v) is 8.84. The van der Waals surface area contributed by atoms with E-state index in [0.29, 0.717) is 37.4 Å². The highest BCUT2D eigenvalue weighted by Crippen LogP contribution is 2.40. The molecule has 35 heavy (non-hydrogen) atoms. The van der Waals surface area contributed by atoms with Crippen molar-refractivity contribution in [3.63, 3.8) is 0 Å². The quantitative estimate of drug-likeness (QED) is 0.166. The second-order valence-electron chi connectivity index (χ2n) is 7.93. The van der Waals surface area contributed by atoms with Gasteiger partial charge in [-0.25, -0.2) is 13.2 Å². The van der Waals surface area contributed by atoms with E-state index < -0.39 is 21.8 Å². The van der Waals surface area contributed by atoms with Crippen LogP contribution in [0.2, 0.25) is 10.0 Å². The predicted molar refractivity (Wildman–Crippen MR) is 145 cm³/mol. The summed E-state index contributed by atoms with van der Waals surface area (Å²) in [4.78, 5) is 27.7. The number of ether oxygens (including phenoxy) is 1. The number of thiophene rings is 1. The van der Waals surface area contributed by atoms with Gasteiger partial charge in [0.2, 0.25) is 0 Å². The van der Waals surface area contributed by atoms with Crippen LogP contribution in [0, 0.1) is 0 Å². The Labute approximate surface area is 224 Å². The number of sulfone groups is 1. The molecule has 180 valence electrons. The Kier molecular flexibility index (Phi) is 6.71. The maximum atomic E-state index is 12.9. The molecule has 2 fully saturated rings. The van der Waals surface area contributed by atoms with Gasteiger partial charge in [-0.05, 0) is 42.3 Å². The molecule has 0 radical (unpaired) electrons. The van der Waals surface area contributed by atoms with Crippen LogP contribution < -0.4 is 4.74 Å². The van der Waals surface area contributed by atoms with E-state index in [1.54, 1.807) is 42.5 Å². The zero-order valence-corrected chi connectivity index (χ0v) is 22.5. The molecule has 0 bridgehead atoms. The summed E-state index contributed by atoms with van der Waals surface area (Å²) in [7, 11) is -3.14. The number of carbonyl (C=O) groups is 2. The van der Waals surface area contributed by atoms with Crippen molar-refractivity contribution in [3.05, 3.63) is 67.9 Å². The van der Waals surface area contributed by atoms with Crippen molar-refractivity contribution in [1.82, 2.24) is 4.90 Å². The zero-order chi connectivity index (χ0) is 24.9. The minimum atomic E-state index is -3.14. The first-order valence-corrected chi connectivity index (χ1v) is 14.9. The van der Waals surface area contributed by atoms with Crippen molar-refractivity contribution in [1.29, 1.82) is 0 Å². The zero-order valence-electron chi connectivity index (χ0n) is 17.7. The van der Waals surface area contributed by atoms with Crippen LogP contribution in [-0.2, 0) is 14.6 Å². The second kappa shape index (κ2) is 9.49. The molecule has 3 heterocycles. The molecule has 5 rings (SSSR count). The summed E-state index contributed by atoms with van der Waals surface area (Å²) in [5.74, 6) is -0.574. The number of fused-ring (bicyclic) bond motifs is 1. The maximum absolute atomic E-state index is 12.9. The summed E-state index contributed by atoms with van der Waals surface area (Å²) < 4.78 is 30.2. The van der Waals surface area contributed by atoms with E-state index >= 15 is 0 Å². The first-order chi connectivity index (χ1) is 16.6. The van der Waals surface area contributed by atoms with Gasteiger partial charge in [0.15, 0.2) is 9.84 Å². The van der Waals surface area contributed by atoms with E-state index in [2.05, 4.69) is 0 Å². The summed E-state index contributed by atoms with van der Waals surface area (Å²) in [5, 5.41) is 1.34. The van der Waals surface area contributed by atoms with Crippen molar-refractivity contribution in [2.75, 3.05) is 11.5 Å². The van der Waals surface area contributed by atoms with E-state index in [0.717, 1.165) is 16.5 Å². The van der Waals surface area contributed by atoms with Crippen molar-refractivity contribution in [3.8, 4) is 5.75 Å². The lowest BCUT2D eigenvalue weighted by Gasteiger charge is -2.20. The molecule has 6 nitrogen and oxygen atoms in total. The van der Waals surface area contributed by atoms with Crippen LogP contribution in [0.3, 0.4) is 0 Å². The molecule has 1 aromatic heterocycles. The van der Waals surface area contributed by atoms with Gasteiger partial charge in [-0.15, -0.1) is 11.3 Å². The fourth-order valence-electron chi connectivity index (χ4n) is 3.91. The van der Waals surface area contributed by atoms with Crippen molar-refractivity contribution in [2.24, 2.45) is 0 Å². The lowest BCUT2D eigenvalue weighted by atomic mass is 10.2. The third-order valence-electron chi connectivity index (χ3n) is 5.58. The topological polar surface area (TPSA) is 80.8 Å². The van der Waals surface area contributed by atoms with Crippen LogP contribution in [-0.4, -0.2) is 47.1 Å². The van der Waals surface area contributed by atoms with Gasteiger partial charge >= 0.3 is 5.97 Å². The van der Waals surface area contributed by atoms with Crippen LogP contribution in [0.25, 0.3) is 16.2 Å². The SMILES string of the molecule is O=C(Oc1ccc(C=C2SC(=S)N(C3CCS(=O)(=O)C3)C2=O)cc1)c1sc2cccc(Cl)c2c1Cl. The third kappa shape index (κ3) is 4.87. The van der Waals surface area contributed by atoms with Crippen molar-refractivity contribution < 1.29 is 22.7 Å². The lowest BCUT2D eigenvalue weighted by molar-refractivity contribution is -0.123. The van der Waals surface area contributed by atoms with E-state index in [-0.39, 0.29) is 27.3 Å². The van der Waals surface area contributed by atoms with E-state index in [1.165, 1.54) is 16.2 Å². The molecule has 2 aliphatic heterocycles. The second-order valence-corrected chi connectivity index (χ2v) is 13.7. The number of hydrogen-bond donors (Lipinski definition) is 0. The number of esters is 1. The third-order valence-corrected chi connectivity index (χ3v) is 10.6.